The fourth-order valence-electron chi connectivity index (χ4n) is 3.09. The van der Waals surface area contributed by atoms with Crippen LogP contribution in [0.2, 0.25) is 0 Å². The standard InChI is InChI=1S/C14H26N2O.ClH/c1-2-11-6-8-12(9-7-11)16-14(17)13-5-3-4-10-15-13;/h11-13,15H,2-10H2,1H3,(H,16,17);1H/t11?,12?,13-;/m1./s1. The van der Waals surface area contributed by atoms with E-state index in [1.165, 1.54) is 44.9 Å². The Balaban J connectivity index is 0.00000162. The lowest BCUT2D eigenvalue weighted by Crippen LogP contribution is -2.50. The van der Waals surface area contributed by atoms with Crippen LogP contribution in [0.4, 0.5) is 0 Å². The smallest absolute Gasteiger partial charge is 0.237 e. The topological polar surface area (TPSA) is 41.1 Å². The Kier molecular flexibility index (Phi) is 7.02. The quantitative estimate of drug-likeness (QED) is 0.831. The summed E-state index contributed by atoms with van der Waals surface area (Å²) in [7, 11) is 0. The van der Waals surface area contributed by atoms with Gasteiger partial charge in [0.05, 0.1) is 6.04 Å². The summed E-state index contributed by atoms with van der Waals surface area (Å²) in [6, 6.07) is 0.515. The molecule has 3 nitrogen and oxygen atoms in total. The van der Waals surface area contributed by atoms with Crippen LogP contribution in [-0.2, 0) is 4.79 Å². The van der Waals surface area contributed by atoms with Crippen molar-refractivity contribution in [3.63, 3.8) is 0 Å². The van der Waals surface area contributed by atoms with E-state index < -0.39 is 0 Å². The number of halogens is 1. The minimum Gasteiger partial charge on any atom is -0.352 e. The average Bonchev–Trinajstić information content (AvgIpc) is 2.40. The third-order valence-electron chi connectivity index (χ3n) is 4.40. The Labute approximate surface area is 117 Å². The molecule has 0 aromatic rings. The van der Waals surface area contributed by atoms with Gasteiger partial charge in [0.1, 0.15) is 0 Å². The second-order valence-corrected chi connectivity index (χ2v) is 5.64. The highest BCUT2D eigenvalue weighted by molar-refractivity contribution is 5.85. The molecule has 1 aliphatic carbocycles. The van der Waals surface area contributed by atoms with E-state index >= 15 is 0 Å². The minimum atomic E-state index is 0. The second kappa shape index (κ2) is 8.00. The molecule has 4 heteroatoms. The molecule has 0 radical (unpaired) electrons. The van der Waals surface area contributed by atoms with E-state index in [-0.39, 0.29) is 24.4 Å². The van der Waals surface area contributed by atoms with Crippen LogP contribution in [0.1, 0.15) is 58.3 Å². The molecule has 0 spiro atoms. The summed E-state index contributed by atoms with van der Waals surface area (Å²) in [4.78, 5) is 12.0. The maximum atomic E-state index is 12.0. The van der Waals surface area contributed by atoms with Crippen LogP contribution < -0.4 is 10.6 Å². The molecule has 2 fully saturated rings. The first-order valence-electron chi connectivity index (χ1n) is 7.33. The maximum Gasteiger partial charge on any atom is 0.237 e. The van der Waals surface area contributed by atoms with Gasteiger partial charge in [-0.3, -0.25) is 4.79 Å². The van der Waals surface area contributed by atoms with Crippen molar-refractivity contribution in [1.29, 1.82) is 0 Å². The number of rotatable bonds is 3. The van der Waals surface area contributed by atoms with Crippen LogP contribution >= 0.6 is 12.4 Å². The molecule has 1 atom stereocenters. The van der Waals surface area contributed by atoms with Crippen molar-refractivity contribution in [2.45, 2.75) is 70.4 Å². The van der Waals surface area contributed by atoms with Gasteiger partial charge in [-0.15, -0.1) is 12.4 Å². The predicted octanol–water partition coefficient (Wildman–Crippen LogP) is 2.64. The van der Waals surface area contributed by atoms with Crippen molar-refractivity contribution in [3.8, 4) is 0 Å². The molecule has 1 heterocycles. The zero-order valence-electron chi connectivity index (χ0n) is 11.4. The van der Waals surface area contributed by atoms with Gasteiger partial charge in [-0.05, 0) is 51.0 Å². The molecule has 1 amide bonds. The predicted molar refractivity (Wildman–Crippen MR) is 77.1 cm³/mol. The first kappa shape index (κ1) is 15.8. The Hall–Kier alpha value is -0.280. The van der Waals surface area contributed by atoms with Crippen LogP contribution in [0.15, 0.2) is 0 Å². The van der Waals surface area contributed by atoms with Crippen molar-refractivity contribution >= 4 is 18.3 Å². The molecule has 2 N–H and O–H groups in total. The summed E-state index contributed by atoms with van der Waals surface area (Å²) in [5.41, 5.74) is 0. The highest BCUT2D eigenvalue weighted by atomic mass is 35.5. The number of carbonyl (C=O) groups is 1. The van der Waals surface area contributed by atoms with E-state index in [2.05, 4.69) is 17.6 Å². The van der Waals surface area contributed by atoms with E-state index in [4.69, 9.17) is 0 Å². The van der Waals surface area contributed by atoms with Gasteiger partial charge in [0.15, 0.2) is 0 Å². The molecule has 2 aliphatic rings. The molecular formula is C14H27ClN2O. The van der Waals surface area contributed by atoms with Crippen LogP contribution in [0.3, 0.4) is 0 Å². The number of hydrogen-bond donors (Lipinski definition) is 2. The maximum absolute atomic E-state index is 12.0. The number of hydrogen-bond acceptors (Lipinski definition) is 2. The van der Waals surface area contributed by atoms with Gasteiger partial charge in [-0.1, -0.05) is 19.8 Å². The van der Waals surface area contributed by atoms with Crippen LogP contribution in [0, 0.1) is 5.92 Å². The number of amides is 1. The monoisotopic (exact) mass is 274 g/mol. The second-order valence-electron chi connectivity index (χ2n) is 5.64. The summed E-state index contributed by atoms with van der Waals surface area (Å²) in [5.74, 6) is 1.14. The zero-order valence-corrected chi connectivity index (χ0v) is 12.2. The van der Waals surface area contributed by atoms with E-state index in [9.17, 15) is 4.79 Å². The molecule has 2 rings (SSSR count). The van der Waals surface area contributed by atoms with E-state index in [0.717, 1.165) is 18.9 Å². The third-order valence-corrected chi connectivity index (χ3v) is 4.40. The molecule has 0 aromatic heterocycles. The van der Waals surface area contributed by atoms with Crippen molar-refractivity contribution < 1.29 is 4.79 Å². The Morgan fingerprint density at radius 3 is 2.44 bits per heavy atom. The van der Waals surface area contributed by atoms with Gasteiger partial charge in [0.25, 0.3) is 0 Å². The number of carbonyl (C=O) groups excluding carboxylic acids is 1. The SMILES string of the molecule is CCC1CCC(NC(=O)[C@H]2CCCCN2)CC1.Cl. The van der Waals surface area contributed by atoms with Gasteiger partial charge in [0, 0.05) is 6.04 Å². The molecular weight excluding hydrogens is 248 g/mol. The van der Waals surface area contributed by atoms with Crippen LogP contribution in [-0.4, -0.2) is 24.5 Å². The summed E-state index contributed by atoms with van der Waals surface area (Å²) in [5, 5.41) is 6.55. The first-order chi connectivity index (χ1) is 8.29. The summed E-state index contributed by atoms with van der Waals surface area (Å²) < 4.78 is 0. The first-order valence-corrected chi connectivity index (χ1v) is 7.33. The molecule has 0 bridgehead atoms. The summed E-state index contributed by atoms with van der Waals surface area (Å²) >= 11 is 0. The van der Waals surface area contributed by atoms with E-state index in [0.29, 0.717) is 6.04 Å². The normalized spacial score (nSPS) is 32.4. The van der Waals surface area contributed by atoms with Gasteiger partial charge in [-0.2, -0.15) is 0 Å². The van der Waals surface area contributed by atoms with Crippen molar-refractivity contribution in [2.24, 2.45) is 5.92 Å². The Morgan fingerprint density at radius 1 is 1.17 bits per heavy atom. The van der Waals surface area contributed by atoms with Crippen LogP contribution in [0.25, 0.3) is 0 Å². The van der Waals surface area contributed by atoms with Crippen molar-refractivity contribution in [1.82, 2.24) is 10.6 Å². The lowest BCUT2D eigenvalue weighted by Gasteiger charge is -2.30. The molecule has 106 valence electrons. The average molecular weight is 275 g/mol. The molecule has 0 aromatic carbocycles. The van der Waals surface area contributed by atoms with Gasteiger partial charge in [-0.25, -0.2) is 0 Å². The number of nitrogens with one attached hydrogen (secondary N) is 2. The zero-order chi connectivity index (χ0) is 12.1. The van der Waals surface area contributed by atoms with E-state index in [1.807, 2.05) is 0 Å². The summed E-state index contributed by atoms with van der Waals surface area (Å²) in [6.45, 7) is 3.27. The highest BCUT2D eigenvalue weighted by Crippen LogP contribution is 2.26. The number of piperidine rings is 1. The third kappa shape index (κ3) is 4.43. The molecule has 1 saturated heterocycles. The summed E-state index contributed by atoms with van der Waals surface area (Å²) in [6.07, 6.45) is 9.65. The Bertz CT molecular complexity index is 246. The van der Waals surface area contributed by atoms with Gasteiger partial charge < -0.3 is 10.6 Å². The van der Waals surface area contributed by atoms with Crippen LogP contribution in [0.5, 0.6) is 0 Å². The van der Waals surface area contributed by atoms with Gasteiger partial charge in [0.2, 0.25) is 5.91 Å². The van der Waals surface area contributed by atoms with E-state index in [1.54, 1.807) is 0 Å². The molecule has 1 saturated carbocycles. The minimum absolute atomic E-state index is 0. The van der Waals surface area contributed by atoms with Crippen molar-refractivity contribution in [2.75, 3.05) is 6.54 Å². The largest absolute Gasteiger partial charge is 0.352 e. The fourth-order valence-corrected chi connectivity index (χ4v) is 3.09. The lowest BCUT2D eigenvalue weighted by atomic mass is 9.84. The van der Waals surface area contributed by atoms with Crippen molar-refractivity contribution in [3.05, 3.63) is 0 Å². The highest BCUT2D eigenvalue weighted by Gasteiger charge is 2.25. The van der Waals surface area contributed by atoms with Gasteiger partial charge >= 0.3 is 0 Å². The molecule has 0 unspecified atom stereocenters. The lowest BCUT2D eigenvalue weighted by molar-refractivity contribution is -0.124. The molecule has 18 heavy (non-hydrogen) atoms. The molecule has 1 aliphatic heterocycles. The fraction of sp³-hybridized carbons (Fsp3) is 0.929. The Morgan fingerprint density at radius 2 is 1.89 bits per heavy atom.